The summed E-state index contributed by atoms with van der Waals surface area (Å²) in [5.74, 6) is 1.41. The topological polar surface area (TPSA) is 71.6 Å². The molecule has 4 rings (SSSR count). The highest BCUT2D eigenvalue weighted by molar-refractivity contribution is 5.92. The Kier molecular flexibility index (Phi) is 4.76. The van der Waals surface area contributed by atoms with Gasteiger partial charge in [-0.3, -0.25) is 9.59 Å². The Labute approximate surface area is 158 Å². The van der Waals surface area contributed by atoms with Crippen LogP contribution in [0, 0.1) is 5.92 Å². The van der Waals surface area contributed by atoms with Crippen molar-refractivity contribution in [2.24, 2.45) is 5.92 Å². The molecule has 1 aliphatic carbocycles. The standard InChI is InChI=1S/C20H26N4O3/c1-14-15(2)24(11-10-23(14)19(25)16-4-3-5-16)20(26)18-7-6-17(27-18)12-22-9-8-21-13-22/h6-9,13-16H,3-5,10-12H2,1-2H3/t14-,15-/m1/s1. The van der Waals surface area contributed by atoms with Crippen molar-refractivity contribution in [3.05, 3.63) is 42.4 Å². The van der Waals surface area contributed by atoms with E-state index in [-0.39, 0.29) is 29.8 Å². The van der Waals surface area contributed by atoms with Crippen LogP contribution in [0.2, 0.25) is 0 Å². The van der Waals surface area contributed by atoms with Crippen molar-refractivity contribution in [3.8, 4) is 0 Å². The zero-order valence-electron chi connectivity index (χ0n) is 15.9. The maximum atomic E-state index is 13.0. The van der Waals surface area contributed by atoms with Crippen molar-refractivity contribution < 1.29 is 14.0 Å². The SMILES string of the molecule is C[C@@H]1[C@@H](C)N(C(=O)C2CCC2)CCN1C(=O)c1ccc(Cn2ccnc2)o1. The van der Waals surface area contributed by atoms with Gasteiger partial charge in [-0.2, -0.15) is 0 Å². The molecule has 2 aromatic heterocycles. The summed E-state index contributed by atoms with van der Waals surface area (Å²) in [4.78, 5) is 33.4. The minimum Gasteiger partial charge on any atom is -0.454 e. The molecule has 2 atom stereocenters. The van der Waals surface area contributed by atoms with Crippen LogP contribution in [0.5, 0.6) is 0 Å². The fourth-order valence-corrected chi connectivity index (χ4v) is 3.91. The van der Waals surface area contributed by atoms with E-state index in [0.717, 1.165) is 25.0 Å². The molecule has 2 aromatic rings. The van der Waals surface area contributed by atoms with E-state index in [1.54, 1.807) is 18.6 Å². The number of imidazole rings is 1. The molecule has 0 spiro atoms. The van der Waals surface area contributed by atoms with Crippen molar-refractivity contribution in [1.29, 1.82) is 0 Å². The number of nitrogens with zero attached hydrogens (tertiary/aromatic N) is 4. The van der Waals surface area contributed by atoms with Gasteiger partial charge in [0.25, 0.3) is 5.91 Å². The average molecular weight is 370 g/mol. The van der Waals surface area contributed by atoms with Gasteiger partial charge in [0.15, 0.2) is 5.76 Å². The number of amides is 2. The van der Waals surface area contributed by atoms with Crippen molar-refractivity contribution in [1.82, 2.24) is 19.4 Å². The molecule has 7 nitrogen and oxygen atoms in total. The third kappa shape index (κ3) is 3.38. The average Bonchev–Trinajstić information content (AvgIpc) is 3.27. The molecular weight excluding hydrogens is 344 g/mol. The quantitative estimate of drug-likeness (QED) is 0.828. The van der Waals surface area contributed by atoms with Crippen LogP contribution in [0.15, 0.2) is 35.3 Å². The van der Waals surface area contributed by atoms with Gasteiger partial charge >= 0.3 is 0 Å². The molecule has 0 radical (unpaired) electrons. The summed E-state index contributed by atoms with van der Waals surface area (Å²) in [6, 6.07) is 3.53. The van der Waals surface area contributed by atoms with Gasteiger partial charge in [0.05, 0.1) is 12.9 Å². The molecule has 2 aliphatic rings. The van der Waals surface area contributed by atoms with Gasteiger partial charge in [-0.25, -0.2) is 4.98 Å². The highest BCUT2D eigenvalue weighted by Crippen LogP contribution is 2.31. The Morgan fingerprint density at radius 1 is 1.15 bits per heavy atom. The molecule has 1 saturated carbocycles. The Morgan fingerprint density at radius 2 is 1.89 bits per heavy atom. The van der Waals surface area contributed by atoms with E-state index >= 15 is 0 Å². The summed E-state index contributed by atoms with van der Waals surface area (Å²) < 4.78 is 7.67. The fraction of sp³-hybridized carbons (Fsp3) is 0.550. The van der Waals surface area contributed by atoms with E-state index in [2.05, 4.69) is 4.98 Å². The second-order valence-corrected chi connectivity index (χ2v) is 7.64. The van der Waals surface area contributed by atoms with Crippen molar-refractivity contribution in [2.75, 3.05) is 13.1 Å². The van der Waals surface area contributed by atoms with E-state index in [1.165, 1.54) is 0 Å². The fourth-order valence-electron chi connectivity index (χ4n) is 3.91. The second-order valence-electron chi connectivity index (χ2n) is 7.64. The molecule has 2 amide bonds. The van der Waals surface area contributed by atoms with E-state index in [1.807, 2.05) is 40.5 Å². The highest BCUT2D eigenvalue weighted by atomic mass is 16.4. The lowest BCUT2D eigenvalue weighted by molar-refractivity contribution is -0.143. The summed E-state index contributed by atoms with van der Waals surface area (Å²) in [5, 5.41) is 0. The van der Waals surface area contributed by atoms with Crippen LogP contribution in [0.3, 0.4) is 0 Å². The monoisotopic (exact) mass is 370 g/mol. The minimum absolute atomic E-state index is 0.0104. The van der Waals surface area contributed by atoms with E-state index in [4.69, 9.17) is 4.42 Å². The molecule has 7 heteroatoms. The highest BCUT2D eigenvalue weighted by Gasteiger charge is 2.39. The molecule has 144 valence electrons. The van der Waals surface area contributed by atoms with E-state index in [9.17, 15) is 9.59 Å². The lowest BCUT2D eigenvalue weighted by atomic mass is 9.83. The number of carbonyl (C=O) groups excluding carboxylic acids is 2. The Morgan fingerprint density at radius 3 is 2.56 bits per heavy atom. The van der Waals surface area contributed by atoms with Gasteiger partial charge in [0.2, 0.25) is 5.91 Å². The van der Waals surface area contributed by atoms with Crippen molar-refractivity contribution in [3.63, 3.8) is 0 Å². The molecule has 2 fully saturated rings. The van der Waals surface area contributed by atoms with Crippen LogP contribution in [0.25, 0.3) is 0 Å². The Bertz CT molecular complexity index is 809. The number of furan rings is 1. The van der Waals surface area contributed by atoms with Crippen LogP contribution in [-0.4, -0.2) is 56.3 Å². The molecule has 0 bridgehead atoms. The summed E-state index contributed by atoms with van der Waals surface area (Å²) >= 11 is 0. The third-order valence-corrected chi connectivity index (χ3v) is 6.03. The van der Waals surface area contributed by atoms with Gasteiger partial charge < -0.3 is 18.8 Å². The minimum atomic E-state index is -0.109. The van der Waals surface area contributed by atoms with Gasteiger partial charge in [0, 0.05) is 43.5 Å². The van der Waals surface area contributed by atoms with E-state index in [0.29, 0.717) is 25.4 Å². The predicted octanol–water partition coefficient (Wildman–Crippen LogP) is 2.39. The van der Waals surface area contributed by atoms with Gasteiger partial charge in [-0.05, 0) is 38.8 Å². The number of piperazine rings is 1. The zero-order valence-corrected chi connectivity index (χ0v) is 15.9. The maximum absolute atomic E-state index is 13.0. The molecule has 27 heavy (non-hydrogen) atoms. The van der Waals surface area contributed by atoms with Crippen LogP contribution in [0.4, 0.5) is 0 Å². The molecule has 0 aromatic carbocycles. The first-order valence-corrected chi connectivity index (χ1v) is 9.70. The number of hydrogen-bond acceptors (Lipinski definition) is 4. The predicted molar refractivity (Wildman–Crippen MR) is 99.1 cm³/mol. The first-order valence-electron chi connectivity index (χ1n) is 9.70. The number of hydrogen-bond donors (Lipinski definition) is 0. The van der Waals surface area contributed by atoms with Crippen molar-refractivity contribution in [2.45, 2.75) is 51.7 Å². The third-order valence-electron chi connectivity index (χ3n) is 6.03. The maximum Gasteiger partial charge on any atom is 0.289 e. The van der Waals surface area contributed by atoms with Crippen LogP contribution >= 0.6 is 0 Å². The molecule has 1 saturated heterocycles. The largest absolute Gasteiger partial charge is 0.454 e. The van der Waals surface area contributed by atoms with Gasteiger partial charge in [-0.15, -0.1) is 0 Å². The molecule has 0 N–H and O–H groups in total. The number of carbonyl (C=O) groups is 2. The first kappa shape index (κ1) is 17.8. The van der Waals surface area contributed by atoms with Crippen LogP contribution < -0.4 is 0 Å². The van der Waals surface area contributed by atoms with Crippen LogP contribution in [-0.2, 0) is 11.3 Å². The lowest BCUT2D eigenvalue weighted by Crippen LogP contribution is -2.61. The van der Waals surface area contributed by atoms with Gasteiger partial charge in [0.1, 0.15) is 5.76 Å². The Balaban J connectivity index is 1.42. The summed E-state index contributed by atoms with van der Waals surface area (Å²) in [6.45, 7) is 5.73. The summed E-state index contributed by atoms with van der Waals surface area (Å²) in [6.07, 6.45) is 8.44. The molecule has 1 aliphatic heterocycles. The number of rotatable bonds is 4. The normalized spacial score (nSPS) is 23.3. The first-order chi connectivity index (χ1) is 13.0. The molecule has 3 heterocycles. The summed E-state index contributed by atoms with van der Waals surface area (Å²) in [7, 11) is 0. The van der Waals surface area contributed by atoms with E-state index < -0.39 is 0 Å². The lowest BCUT2D eigenvalue weighted by Gasteiger charge is -2.46. The second kappa shape index (κ2) is 7.21. The number of aromatic nitrogens is 2. The van der Waals surface area contributed by atoms with Crippen LogP contribution in [0.1, 0.15) is 49.4 Å². The zero-order chi connectivity index (χ0) is 19.0. The van der Waals surface area contributed by atoms with Gasteiger partial charge in [-0.1, -0.05) is 6.42 Å². The summed E-state index contributed by atoms with van der Waals surface area (Å²) in [5.41, 5.74) is 0. The molecule has 0 unspecified atom stereocenters. The van der Waals surface area contributed by atoms with Crippen molar-refractivity contribution >= 4 is 11.8 Å². The Hall–Kier alpha value is -2.57. The molecular formula is C20H26N4O3. The smallest absolute Gasteiger partial charge is 0.289 e.